The number of benzene rings is 1. The molecule has 6 heteroatoms. The minimum Gasteiger partial charge on any atom is -0.349 e. The lowest BCUT2D eigenvalue weighted by Crippen LogP contribution is -2.54. The largest absolute Gasteiger partial charge is 0.349 e. The fourth-order valence-corrected chi connectivity index (χ4v) is 3.37. The first-order valence-electron chi connectivity index (χ1n) is 8.90. The molecule has 1 aromatic carbocycles. The van der Waals surface area contributed by atoms with Crippen LogP contribution >= 0.6 is 0 Å². The van der Waals surface area contributed by atoms with E-state index in [9.17, 15) is 14.4 Å². The molecular weight excluding hydrogens is 342 g/mol. The van der Waals surface area contributed by atoms with Crippen molar-refractivity contribution in [1.29, 1.82) is 0 Å². The lowest BCUT2D eigenvalue weighted by molar-refractivity contribution is -0.122. The average molecular weight is 365 g/mol. The molecule has 0 aliphatic carbocycles. The number of carbonyl (C=O) groups is 3. The van der Waals surface area contributed by atoms with Crippen molar-refractivity contribution in [2.75, 3.05) is 4.90 Å². The van der Waals surface area contributed by atoms with Crippen molar-refractivity contribution >= 4 is 29.6 Å². The number of hydrogen-bond acceptors (Lipinski definition) is 3. The van der Waals surface area contributed by atoms with Crippen LogP contribution in [-0.4, -0.2) is 22.4 Å². The standard InChI is InChI=1S/C21H23N3O3/c1-6-23-14(4)10-16(15(23)5)11-18-19(25)22-21(27)24(20(18)26)17-8-7-12(2)13(3)9-17/h7-11H,6H2,1-5H3,(H,22,25,27)/b18-11+. The first-order valence-corrected chi connectivity index (χ1v) is 8.90. The minimum absolute atomic E-state index is 0.0517. The number of urea groups is 1. The fraction of sp³-hybridized carbons (Fsp3) is 0.286. The van der Waals surface area contributed by atoms with Gasteiger partial charge < -0.3 is 4.57 Å². The molecule has 1 aliphatic heterocycles. The van der Waals surface area contributed by atoms with Crippen LogP contribution in [0, 0.1) is 27.7 Å². The van der Waals surface area contributed by atoms with Crippen LogP contribution in [0.25, 0.3) is 6.08 Å². The zero-order valence-corrected chi connectivity index (χ0v) is 16.2. The van der Waals surface area contributed by atoms with Crippen molar-refractivity contribution < 1.29 is 14.4 Å². The van der Waals surface area contributed by atoms with Crippen molar-refractivity contribution in [3.8, 4) is 0 Å². The van der Waals surface area contributed by atoms with Crippen molar-refractivity contribution in [3.05, 3.63) is 57.9 Å². The van der Waals surface area contributed by atoms with Gasteiger partial charge in [-0.3, -0.25) is 14.9 Å². The summed E-state index contributed by atoms with van der Waals surface area (Å²) in [5.74, 6) is -1.29. The molecule has 0 spiro atoms. The Morgan fingerprint density at radius 3 is 2.30 bits per heavy atom. The molecule has 3 rings (SSSR count). The van der Waals surface area contributed by atoms with Crippen LogP contribution in [0.15, 0.2) is 29.8 Å². The summed E-state index contributed by atoms with van der Waals surface area (Å²) in [5.41, 5.74) is 5.22. The number of carbonyl (C=O) groups excluding carboxylic acids is 3. The van der Waals surface area contributed by atoms with E-state index in [-0.39, 0.29) is 5.57 Å². The van der Waals surface area contributed by atoms with Crippen molar-refractivity contribution in [1.82, 2.24) is 9.88 Å². The van der Waals surface area contributed by atoms with Gasteiger partial charge in [-0.25, -0.2) is 9.69 Å². The highest BCUT2D eigenvalue weighted by atomic mass is 16.2. The average Bonchev–Trinajstić information content (AvgIpc) is 2.87. The van der Waals surface area contributed by atoms with E-state index >= 15 is 0 Å². The molecular formula is C21H23N3O3. The van der Waals surface area contributed by atoms with Crippen LogP contribution < -0.4 is 10.2 Å². The normalized spacial score (nSPS) is 16.3. The molecule has 0 radical (unpaired) electrons. The van der Waals surface area contributed by atoms with Crippen LogP contribution in [0.1, 0.15) is 35.0 Å². The summed E-state index contributed by atoms with van der Waals surface area (Å²) in [5, 5.41) is 2.27. The van der Waals surface area contributed by atoms with Gasteiger partial charge in [0.25, 0.3) is 11.8 Å². The van der Waals surface area contributed by atoms with E-state index in [1.54, 1.807) is 18.2 Å². The molecule has 0 saturated carbocycles. The van der Waals surface area contributed by atoms with Gasteiger partial charge in [0.2, 0.25) is 0 Å². The Balaban J connectivity index is 2.06. The molecule has 1 aliphatic rings. The summed E-state index contributed by atoms with van der Waals surface area (Å²) in [7, 11) is 0. The third kappa shape index (κ3) is 3.18. The smallest absolute Gasteiger partial charge is 0.335 e. The number of nitrogens with zero attached hydrogens (tertiary/aromatic N) is 2. The Kier molecular flexibility index (Phi) is 4.74. The maximum Gasteiger partial charge on any atom is 0.335 e. The highest BCUT2D eigenvalue weighted by molar-refractivity contribution is 6.39. The second-order valence-corrected chi connectivity index (χ2v) is 6.80. The summed E-state index contributed by atoms with van der Waals surface area (Å²) in [6.07, 6.45) is 1.56. The number of hydrogen-bond donors (Lipinski definition) is 1. The van der Waals surface area contributed by atoms with Crippen molar-refractivity contribution in [3.63, 3.8) is 0 Å². The van der Waals surface area contributed by atoms with E-state index in [4.69, 9.17) is 0 Å². The SMILES string of the molecule is CCn1c(C)cc(/C=C2\C(=O)NC(=O)N(c3ccc(C)c(C)c3)C2=O)c1C. The molecule has 0 atom stereocenters. The summed E-state index contributed by atoms with van der Waals surface area (Å²) in [4.78, 5) is 38.7. The molecule has 1 saturated heterocycles. The maximum atomic E-state index is 13.0. The predicted molar refractivity (Wildman–Crippen MR) is 104 cm³/mol. The van der Waals surface area contributed by atoms with Crippen LogP contribution in [0.5, 0.6) is 0 Å². The monoisotopic (exact) mass is 365 g/mol. The van der Waals surface area contributed by atoms with Crippen LogP contribution in [-0.2, 0) is 16.1 Å². The summed E-state index contributed by atoms with van der Waals surface area (Å²) < 4.78 is 2.10. The number of aromatic nitrogens is 1. The summed E-state index contributed by atoms with van der Waals surface area (Å²) in [6.45, 7) is 10.6. The highest BCUT2D eigenvalue weighted by Gasteiger charge is 2.37. The van der Waals surface area contributed by atoms with Gasteiger partial charge in [-0.15, -0.1) is 0 Å². The minimum atomic E-state index is -0.732. The Bertz CT molecular complexity index is 998. The molecule has 1 aromatic heterocycles. The van der Waals surface area contributed by atoms with Gasteiger partial charge in [-0.05, 0) is 75.6 Å². The van der Waals surface area contributed by atoms with Crippen LogP contribution in [0.3, 0.4) is 0 Å². The zero-order valence-electron chi connectivity index (χ0n) is 16.2. The maximum absolute atomic E-state index is 13.0. The summed E-state index contributed by atoms with van der Waals surface area (Å²) in [6, 6.07) is 6.52. The molecule has 4 amide bonds. The van der Waals surface area contributed by atoms with E-state index in [1.165, 1.54) is 0 Å². The molecule has 1 N–H and O–H groups in total. The van der Waals surface area contributed by atoms with Gasteiger partial charge in [0.05, 0.1) is 5.69 Å². The van der Waals surface area contributed by atoms with E-state index in [2.05, 4.69) is 9.88 Å². The van der Waals surface area contributed by atoms with Crippen LogP contribution in [0.2, 0.25) is 0 Å². The van der Waals surface area contributed by atoms with Gasteiger partial charge in [-0.2, -0.15) is 0 Å². The van der Waals surface area contributed by atoms with Gasteiger partial charge >= 0.3 is 6.03 Å². The first kappa shape index (κ1) is 18.6. The van der Waals surface area contributed by atoms with E-state index in [1.807, 2.05) is 46.8 Å². The molecule has 0 unspecified atom stereocenters. The summed E-state index contributed by atoms with van der Waals surface area (Å²) >= 11 is 0. The van der Waals surface area contributed by atoms with Gasteiger partial charge in [0, 0.05) is 17.9 Å². The Morgan fingerprint density at radius 1 is 1.00 bits per heavy atom. The molecule has 27 heavy (non-hydrogen) atoms. The molecule has 2 aromatic rings. The van der Waals surface area contributed by atoms with Gasteiger partial charge in [0.1, 0.15) is 5.57 Å². The molecule has 1 fully saturated rings. The topological polar surface area (TPSA) is 71.4 Å². The van der Waals surface area contributed by atoms with E-state index in [0.717, 1.165) is 39.5 Å². The number of rotatable bonds is 3. The first-order chi connectivity index (χ1) is 12.7. The third-order valence-electron chi connectivity index (χ3n) is 5.08. The quantitative estimate of drug-likeness (QED) is 0.669. The number of aryl methyl sites for hydroxylation is 3. The number of amides is 4. The molecule has 6 nitrogen and oxygen atoms in total. The predicted octanol–water partition coefficient (Wildman–Crippen LogP) is 3.41. The highest BCUT2D eigenvalue weighted by Crippen LogP contribution is 2.25. The van der Waals surface area contributed by atoms with E-state index < -0.39 is 17.8 Å². The number of barbiturate groups is 1. The van der Waals surface area contributed by atoms with E-state index in [0.29, 0.717) is 5.69 Å². The second kappa shape index (κ2) is 6.87. The fourth-order valence-electron chi connectivity index (χ4n) is 3.37. The lowest BCUT2D eigenvalue weighted by atomic mass is 10.1. The number of anilines is 1. The van der Waals surface area contributed by atoms with Gasteiger partial charge in [-0.1, -0.05) is 6.07 Å². The number of nitrogens with one attached hydrogen (secondary N) is 1. The molecule has 140 valence electrons. The Morgan fingerprint density at radius 2 is 1.70 bits per heavy atom. The molecule has 2 heterocycles. The Labute approximate surface area is 158 Å². The van der Waals surface area contributed by atoms with Crippen LogP contribution in [0.4, 0.5) is 10.5 Å². The second-order valence-electron chi connectivity index (χ2n) is 6.80. The van der Waals surface area contributed by atoms with Gasteiger partial charge in [0.15, 0.2) is 0 Å². The van der Waals surface area contributed by atoms with Crippen molar-refractivity contribution in [2.45, 2.75) is 41.2 Å². The molecule has 0 bridgehead atoms. The van der Waals surface area contributed by atoms with Crippen molar-refractivity contribution in [2.24, 2.45) is 0 Å². The lowest BCUT2D eigenvalue weighted by Gasteiger charge is -2.26. The Hall–Kier alpha value is -3.15. The number of imide groups is 2. The third-order valence-corrected chi connectivity index (χ3v) is 5.08. The zero-order chi connectivity index (χ0) is 19.9.